The number of hydrogen-bond donors (Lipinski definition) is 2. The molecule has 0 bridgehead atoms. The Morgan fingerprint density at radius 3 is 3.07 bits per heavy atom. The van der Waals surface area contributed by atoms with Crippen LogP contribution in [-0.2, 0) is 12.8 Å². The fraction of sp³-hybridized carbons (Fsp3) is 0.500. The number of benzene rings is 1. The first-order valence-electron chi connectivity index (χ1n) is 5.25. The van der Waals surface area contributed by atoms with Gasteiger partial charge in [0.2, 0.25) is 0 Å². The van der Waals surface area contributed by atoms with Gasteiger partial charge in [0.1, 0.15) is 5.75 Å². The van der Waals surface area contributed by atoms with Crippen LogP contribution in [0.15, 0.2) is 18.2 Å². The molecule has 76 valence electrons. The number of rotatable bonds is 2. The molecule has 0 fully saturated rings. The highest BCUT2D eigenvalue weighted by atomic mass is 16.3. The standard InChI is InChI=1S/C12H17NO/c1-13-8-9-2-3-10-4-5-12(14)7-11(10)6-9/h4-5,7,9,13-14H,2-3,6,8H2,1H3. The Balaban J connectivity index is 2.16. The fourth-order valence-corrected chi connectivity index (χ4v) is 2.28. The Labute approximate surface area is 85.0 Å². The largest absolute Gasteiger partial charge is 0.508 e. The van der Waals surface area contributed by atoms with Crippen molar-refractivity contribution >= 4 is 0 Å². The van der Waals surface area contributed by atoms with Gasteiger partial charge >= 0.3 is 0 Å². The van der Waals surface area contributed by atoms with Crippen LogP contribution in [0, 0.1) is 5.92 Å². The average molecular weight is 191 g/mol. The van der Waals surface area contributed by atoms with Gasteiger partial charge in [-0.25, -0.2) is 0 Å². The number of aryl methyl sites for hydroxylation is 1. The van der Waals surface area contributed by atoms with E-state index in [9.17, 15) is 5.11 Å². The summed E-state index contributed by atoms with van der Waals surface area (Å²) in [7, 11) is 2.00. The van der Waals surface area contributed by atoms with E-state index in [2.05, 4.69) is 11.4 Å². The summed E-state index contributed by atoms with van der Waals surface area (Å²) in [6.07, 6.45) is 3.52. The van der Waals surface area contributed by atoms with Gasteiger partial charge in [-0.1, -0.05) is 6.07 Å². The first kappa shape index (κ1) is 9.53. The summed E-state index contributed by atoms with van der Waals surface area (Å²) in [6.45, 7) is 1.08. The monoisotopic (exact) mass is 191 g/mol. The van der Waals surface area contributed by atoms with Gasteiger partial charge < -0.3 is 10.4 Å². The van der Waals surface area contributed by atoms with Crippen molar-refractivity contribution in [3.8, 4) is 5.75 Å². The third kappa shape index (κ3) is 1.90. The molecule has 2 nitrogen and oxygen atoms in total. The lowest BCUT2D eigenvalue weighted by Crippen LogP contribution is -2.24. The molecule has 2 heteroatoms. The quantitative estimate of drug-likeness (QED) is 0.746. The lowest BCUT2D eigenvalue weighted by Gasteiger charge is -2.24. The zero-order valence-electron chi connectivity index (χ0n) is 8.59. The van der Waals surface area contributed by atoms with Gasteiger partial charge in [0.15, 0.2) is 0 Å². The predicted molar refractivity (Wildman–Crippen MR) is 57.5 cm³/mol. The highest BCUT2D eigenvalue weighted by molar-refractivity contribution is 5.36. The lowest BCUT2D eigenvalue weighted by molar-refractivity contribution is 0.434. The van der Waals surface area contributed by atoms with Crippen LogP contribution in [0.5, 0.6) is 5.75 Å². The predicted octanol–water partition coefficient (Wildman–Crippen LogP) is 1.72. The molecule has 0 aliphatic heterocycles. The molecule has 0 amide bonds. The summed E-state index contributed by atoms with van der Waals surface area (Å²) in [4.78, 5) is 0. The van der Waals surface area contributed by atoms with Crippen molar-refractivity contribution in [1.29, 1.82) is 0 Å². The molecule has 1 aliphatic carbocycles. The molecule has 2 N–H and O–H groups in total. The van der Waals surface area contributed by atoms with Crippen LogP contribution in [0.3, 0.4) is 0 Å². The number of hydrogen-bond acceptors (Lipinski definition) is 2. The van der Waals surface area contributed by atoms with E-state index in [-0.39, 0.29) is 0 Å². The van der Waals surface area contributed by atoms with Crippen LogP contribution in [0.25, 0.3) is 0 Å². The molecular weight excluding hydrogens is 174 g/mol. The summed E-state index contributed by atoms with van der Waals surface area (Å²) < 4.78 is 0. The van der Waals surface area contributed by atoms with E-state index in [1.165, 1.54) is 17.5 Å². The molecule has 1 aromatic carbocycles. The second-order valence-corrected chi connectivity index (χ2v) is 4.12. The Morgan fingerprint density at radius 2 is 2.29 bits per heavy atom. The van der Waals surface area contributed by atoms with Crippen molar-refractivity contribution in [2.45, 2.75) is 19.3 Å². The molecular formula is C12H17NO. The molecule has 0 saturated heterocycles. The molecule has 1 aromatic rings. The molecule has 14 heavy (non-hydrogen) atoms. The Bertz CT molecular complexity index is 322. The van der Waals surface area contributed by atoms with Crippen LogP contribution in [0.1, 0.15) is 17.5 Å². The normalized spacial score (nSPS) is 20.5. The Hall–Kier alpha value is -1.02. The third-order valence-corrected chi connectivity index (χ3v) is 3.01. The van der Waals surface area contributed by atoms with Crippen LogP contribution in [-0.4, -0.2) is 18.7 Å². The summed E-state index contributed by atoms with van der Waals surface area (Å²) in [5.74, 6) is 1.13. The zero-order chi connectivity index (χ0) is 9.97. The minimum absolute atomic E-state index is 0.397. The second kappa shape index (κ2) is 4.01. The lowest BCUT2D eigenvalue weighted by atomic mass is 9.84. The smallest absolute Gasteiger partial charge is 0.115 e. The summed E-state index contributed by atoms with van der Waals surface area (Å²) >= 11 is 0. The van der Waals surface area contributed by atoms with Gasteiger partial charge in [0.25, 0.3) is 0 Å². The minimum atomic E-state index is 0.397. The van der Waals surface area contributed by atoms with E-state index < -0.39 is 0 Å². The van der Waals surface area contributed by atoms with E-state index in [4.69, 9.17) is 0 Å². The van der Waals surface area contributed by atoms with Crippen molar-refractivity contribution in [3.05, 3.63) is 29.3 Å². The fourth-order valence-electron chi connectivity index (χ4n) is 2.28. The van der Waals surface area contributed by atoms with Crippen molar-refractivity contribution in [1.82, 2.24) is 5.32 Å². The van der Waals surface area contributed by atoms with E-state index in [0.717, 1.165) is 25.3 Å². The van der Waals surface area contributed by atoms with Crippen molar-refractivity contribution in [2.24, 2.45) is 5.92 Å². The second-order valence-electron chi connectivity index (χ2n) is 4.12. The number of fused-ring (bicyclic) bond motifs is 1. The highest BCUT2D eigenvalue weighted by Gasteiger charge is 2.17. The van der Waals surface area contributed by atoms with Gasteiger partial charge in [0, 0.05) is 0 Å². The van der Waals surface area contributed by atoms with Crippen molar-refractivity contribution in [3.63, 3.8) is 0 Å². The first-order valence-corrected chi connectivity index (χ1v) is 5.25. The summed E-state index contributed by atoms with van der Waals surface area (Å²) in [5, 5.41) is 12.6. The number of phenolic OH excluding ortho intramolecular Hbond substituents is 1. The Kier molecular flexibility index (Phi) is 2.73. The molecule has 0 saturated carbocycles. The minimum Gasteiger partial charge on any atom is -0.508 e. The third-order valence-electron chi connectivity index (χ3n) is 3.01. The SMILES string of the molecule is CNCC1CCc2ccc(O)cc2C1. The van der Waals surface area contributed by atoms with Crippen molar-refractivity contribution in [2.75, 3.05) is 13.6 Å². The molecule has 1 aliphatic rings. The maximum Gasteiger partial charge on any atom is 0.115 e. The topological polar surface area (TPSA) is 32.3 Å². The molecule has 0 spiro atoms. The van der Waals surface area contributed by atoms with Gasteiger partial charge in [-0.3, -0.25) is 0 Å². The maximum absolute atomic E-state index is 9.39. The molecule has 0 radical (unpaired) electrons. The Morgan fingerprint density at radius 1 is 1.43 bits per heavy atom. The maximum atomic E-state index is 9.39. The molecule has 2 rings (SSSR count). The molecule has 1 unspecified atom stereocenters. The molecule has 0 aromatic heterocycles. The molecule has 1 atom stereocenters. The zero-order valence-corrected chi connectivity index (χ0v) is 8.59. The van der Waals surface area contributed by atoms with Gasteiger partial charge in [-0.05, 0) is 62.0 Å². The first-order chi connectivity index (χ1) is 6.79. The van der Waals surface area contributed by atoms with Gasteiger partial charge in [-0.2, -0.15) is 0 Å². The average Bonchev–Trinajstić information content (AvgIpc) is 2.17. The van der Waals surface area contributed by atoms with Crippen LogP contribution in [0.2, 0.25) is 0 Å². The number of nitrogens with one attached hydrogen (secondary N) is 1. The van der Waals surface area contributed by atoms with Crippen LogP contribution >= 0.6 is 0 Å². The van der Waals surface area contributed by atoms with E-state index in [0.29, 0.717) is 5.75 Å². The summed E-state index contributed by atoms with van der Waals surface area (Å²) in [5.41, 5.74) is 2.74. The van der Waals surface area contributed by atoms with Crippen LogP contribution in [0.4, 0.5) is 0 Å². The van der Waals surface area contributed by atoms with E-state index in [1.54, 1.807) is 6.07 Å². The number of phenols is 1. The highest BCUT2D eigenvalue weighted by Crippen LogP contribution is 2.27. The van der Waals surface area contributed by atoms with Gasteiger partial charge in [0.05, 0.1) is 0 Å². The van der Waals surface area contributed by atoms with Gasteiger partial charge in [-0.15, -0.1) is 0 Å². The number of aromatic hydroxyl groups is 1. The summed E-state index contributed by atoms with van der Waals surface area (Å²) in [6, 6.07) is 5.76. The molecule has 0 heterocycles. The van der Waals surface area contributed by atoms with Crippen LogP contribution < -0.4 is 5.32 Å². The van der Waals surface area contributed by atoms with E-state index >= 15 is 0 Å². The van der Waals surface area contributed by atoms with E-state index in [1.807, 2.05) is 13.1 Å². The van der Waals surface area contributed by atoms with Crippen molar-refractivity contribution < 1.29 is 5.11 Å².